The van der Waals surface area contributed by atoms with Crippen molar-refractivity contribution in [2.75, 3.05) is 26.4 Å². The van der Waals surface area contributed by atoms with Crippen molar-refractivity contribution in [1.82, 2.24) is 5.32 Å². The van der Waals surface area contributed by atoms with Crippen molar-refractivity contribution in [3.8, 4) is 0 Å². The summed E-state index contributed by atoms with van der Waals surface area (Å²) in [7, 11) is 0. The Morgan fingerprint density at radius 2 is 2.06 bits per heavy atom. The van der Waals surface area contributed by atoms with Crippen molar-refractivity contribution in [3.05, 3.63) is 58.7 Å². The highest BCUT2D eigenvalue weighted by molar-refractivity contribution is 5.67. The summed E-state index contributed by atoms with van der Waals surface area (Å²) in [5, 5.41) is 22.8. The van der Waals surface area contributed by atoms with Crippen LogP contribution in [0.25, 0.3) is 0 Å². The zero-order chi connectivity index (χ0) is 24.6. The van der Waals surface area contributed by atoms with E-state index in [1.165, 1.54) is 25.7 Å². The van der Waals surface area contributed by atoms with Gasteiger partial charge in [-0.3, -0.25) is 0 Å². The van der Waals surface area contributed by atoms with Crippen LogP contribution in [0.5, 0.6) is 0 Å². The van der Waals surface area contributed by atoms with Crippen LogP contribution >= 0.6 is 0 Å². The molecule has 0 saturated carbocycles. The van der Waals surface area contributed by atoms with Crippen molar-refractivity contribution in [3.63, 3.8) is 0 Å². The fourth-order valence-corrected chi connectivity index (χ4v) is 5.18. The van der Waals surface area contributed by atoms with Gasteiger partial charge in [-0.2, -0.15) is 0 Å². The summed E-state index contributed by atoms with van der Waals surface area (Å²) >= 11 is 0. The highest BCUT2D eigenvalue weighted by atomic mass is 16.5. The van der Waals surface area contributed by atoms with Crippen LogP contribution in [0.4, 0.5) is 0 Å². The summed E-state index contributed by atoms with van der Waals surface area (Å²) in [6.45, 7) is 7.21. The zero-order valence-corrected chi connectivity index (χ0v) is 20.9. The average Bonchev–Trinajstić information content (AvgIpc) is 3.20. The van der Waals surface area contributed by atoms with Crippen molar-refractivity contribution in [1.29, 1.82) is 0 Å². The second kappa shape index (κ2) is 12.6. The molecule has 0 fully saturated rings. The number of carboxylic acids is 1. The Kier molecular flexibility index (Phi) is 9.89. The van der Waals surface area contributed by atoms with Gasteiger partial charge in [0.15, 0.2) is 0 Å². The number of carbonyl (C=O) groups is 1. The predicted molar refractivity (Wildman–Crippen MR) is 134 cm³/mol. The summed E-state index contributed by atoms with van der Waals surface area (Å²) in [6.07, 6.45) is 10.4. The first-order valence-corrected chi connectivity index (χ1v) is 12.5. The molecule has 2 unspecified atom stereocenters. The third-order valence-corrected chi connectivity index (χ3v) is 6.82. The van der Waals surface area contributed by atoms with Gasteiger partial charge in [0.1, 0.15) is 6.61 Å². The van der Waals surface area contributed by atoms with Gasteiger partial charge in [-0.15, -0.1) is 0 Å². The number of hydrogen-bond donors (Lipinski definition) is 3. The average molecular weight is 472 g/mol. The molecular formula is C28H41NO5. The summed E-state index contributed by atoms with van der Waals surface area (Å²) in [5.74, 6) is -0.286. The summed E-state index contributed by atoms with van der Waals surface area (Å²) in [5.41, 5.74) is 5.27. The van der Waals surface area contributed by atoms with Crippen LogP contribution in [-0.2, 0) is 20.7 Å². The SMILES string of the molecule is C[C@@H](OCC(O)CNC(C)(C)CC1CC2=C(CCC=C2)C1)c1ccccc1CCOCC(=O)O. The molecule has 0 bridgehead atoms. The maximum Gasteiger partial charge on any atom is 0.329 e. The Hall–Kier alpha value is -1.99. The van der Waals surface area contributed by atoms with E-state index in [4.69, 9.17) is 14.6 Å². The number of β-amino-alcohol motifs (C(OH)–C–C–N with tert-alkyl or cyclic N) is 1. The molecule has 1 aromatic rings. The first-order valence-electron chi connectivity index (χ1n) is 12.5. The number of aliphatic carboxylic acids is 1. The Labute approximate surface area is 204 Å². The molecule has 0 spiro atoms. The number of carboxylic acid groups (broad SMARTS) is 1. The molecular weight excluding hydrogens is 430 g/mol. The lowest BCUT2D eigenvalue weighted by molar-refractivity contribution is -0.142. The number of rotatable bonds is 14. The minimum absolute atomic E-state index is 0.0435. The number of benzene rings is 1. The van der Waals surface area contributed by atoms with Crippen LogP contribution in [0.2, 0.25) is 0 Å². The largest absolute Gasteiger partial charge is 0.480 e. The molecule has 6 heteroatoms. The molecule has 3 rings (SSSR count). The minimum Gasteiger partial charge on any atom is -0.480 e. The van der Waals surface area contributed by atoms with E-state index in [0.29, 0.717) is 25.5 Å². The molecule has 3 atom stereocenters. The van der Waals surface area contributed by atoms with E-state index >= 15 is 0 Å². The summed E-state index contributed by atoms with van der Waals surface area (Å²) in [4.78, 5) is 10.6. The topological polar surface area (TPSA) is 88.0 Å². The summed E-state index contributed by atoms with van der Waals surface area (Å²) in [6, 6.07) is 7.93. The Bertz CT molecular complexity index is 875. The molecule has 2 aliphatic carbocycles. The second-order valence-corrected chi connectivity index (χ2v) is 10.3. The number of nitrogens with one attached hydrogen (secondary N) is 1. The fourth-order valence-electron chi connectivity index (χ4n) is 5.18. The lowest BCUT2D eigenvalue weighted by atomic mass is 9.88. The van der Waals surface area contributed by atoms with Crippen LogP contribution < -0.4 is 5.32 Å². The second-order valence-electron chi connectivity index (χ2n) is 10.3. The van der Waals surface area contributed by atoms with Gasteiger partial charge < -0.3 is 25.0 Å². The highest BCUT2D eigenvalue weighted by Crippen LogP contribution is 2.40. The lowest BCUT2D eigenvalue weighted by Crippen LogP contribution is -2.45. The van der Waals surface area contributed by atoms with Crippen molar-refractivity contribution in [2.24, 2.45) is 5.92 Å². The molecule has 0 heterocycles. The van der Waals surface area contributed by atoms with Crippen LogP contribution in [0.1, 0.15) is 70.1 Å². The highest BCUT2D eigenvalue weighted by Gasteiger charge is 2.29. The Morgan fingerprint density at radius 1 is 1.26 bits per heavy atom. The molecule has 0 aliphatic heterocycles. The third-order valence-electron chi connectivity index (χ3n) is 6.82. The van der Waals surface area contributed by atoms with Crippen LogP contribution in [0, 0.1) is 5.92 Å². The van der Waals surface area contributed by atoms with E-state index < -0.39 is 12.1 Å². The van der Waals surface area contributed by atoms with Gasteiger partial charge in [-0.05, 0) is 81.9 Å². The van der Waals surface area contributed by atoms with Gasteiger partial charge in [0.2, 0.25) is 0 Å². The Morgan fingerprint density at radius 3 is 2.82 bits per heavy atom. The van der Waals surface area contributed by atoms with E-state index in [1.54, 1.807) is 11.1 Å². The number of hydrogen-bond acceptors (Lipinski definition) is 5. The van der Waals surface area contributed by atoms with E-state index in [2.05, 4.69) is 31.3 Å². The molecule has 0 aromatic heterocycles. The molecule has 3 N–H and O–H groups in total. The van der Waals surface area contributed by atoms with E-state index in [0.717, 1.165) is 17.5 Å². The summed E-state index contributed by atoms with van der Waals surface area (Å²) < 4.78 is 11.2. The number of aliphatic hydroxyl groups excluding tert-OH is 1. The van der Waals surface area contributed by atoms with Crippen molar-refractivity contribution < 1.29 is 24.5 Å². The van der Waals surface area contributed by atoms with Gasteiger partial charge in [0.25, 0.3) is 0 Å². The van der Waals surface area contributed by atoms with Gasteiger partial charge in [0, 0.05) is 12.1 Å². The fraction of sp³-hybridized carbons (Fsp3) is 0.607. The standard InChI is InChI=1S/C28H41NO5/c1-20(26-11-7-6-8-22(26)12-13-33-19-27(31)32)34-18-25(30)17-29-28(2,3)16-21-14-23-9-4-5-10-24(23)15-21/h4,6-9,11,20-21,25,29-30H,5,10,12-19H2,1-3H3,(H,31,32)/t20-,21?,25?/m1/s1. The van der Waals surface area contributed by atoms with Crippen molar-refractivity contribution in [2.45, 2.75) is 77.0 Å². The molecule has 6 nitrogen and oxygen atoms in total. The first kappa shape index (κ1) is 26.6. The zero-order valence-electron chi connectivity index (χ0n) is 20.9. The van der Waals surface area contributed by atoms with Crippen molar-refractivity contribution >= 4 is 5.97 Å². The third kappa shape index (κ3) is 8.35. The molecule has 0 radical (unpaired) electrons. The van der Waals surface area contributed by atoms with E-state index in [9.17, 15) is 9.90 Å². The monoisotopic (exact) mass is 471 g/mol. The van der Waals surface area contributed by atoms with Gasteiger partial charge in [0.05, 0.1) is 25.4 Å². The quantitative estimate of drug-likeness (QED) is 0.344. The molecule has 34 heavy (non-hydrogen) atoms. The van der Waals surface area contributed by atoms with Crippen LogP contribution in [0.3, 0.4) is 0 Å². The molecule has 0 amide bonds. The van der Waals surface area contributed by atoms with E-state index in [-0.39, 0.29) is 24.9 Å². The number of allylic oxidation sites excluding steroid dienone is 4. The number of aliphatic hydroxyl groups is 1. The van der Waals surface area contributed by atoms with E-state index in [1.807, 2.05) is 31.2 Å². The molecule has 188 valence electrons. The molecule has 0 saturated heterocycles. The smallest absolute Gasteiger partial charge is 0.329 e. The lowest BCUT2D eigenvalue weighted by Gasteiger charge is -2.31. The maximum absolute atomic E-state index is 10.6. The van der Waals surface area contributed by atoms with Gasteiger partial charge in [-0.25, -0.2) is 4.79 Å². The minimum atomic E-state index is -0.966. The predicted octanol–water partition coefficient (Wildman–Crippen LogP) is 4.58. The molecule has 1 aromatic carbocycles. The number of ether oxygens (including phenoxy) is 2. The Balaban J connectivity index is 1.39. The van der Waals surface area contributed by atoms with Gasteiger partial charge >= 0.3 is 5.97 Å². The normalized spacial score (nSPS) is 19.8. The van der Waals surface area contributed by atoms with Crippen LogP contribution in [0.15, 0.2) is 47.6 Å². The maximum atomic E-state index is 10.6. The van der Waals surface area contributed by atoms with Gasteiger partial charge in [-0.1, -0.05) is 42.0 Å². The molecule has 2 aliphatic rings. The first-order chi connectivity index (χ1) is 16.2. The van der Waals surface area contributed by atoms with Crippen LogP contribution in [-0.4, -0.2) is 54.2 Å².